The van der Waals surface area contributed by atoms with Gasteiger partial charge in [-0.2, -0.15) is 0 Å². The summed E-state index contributed by atoms with van der Waals surface area (Å²) >= 11 is 0. The summed E-state index contributed by atoms with van der Waals surface area (Å²) in [6, 6.07) is 16.0. The predicted octanol–water partition coefficient (Wildman–Crippen LogP) is 2.47. The van der Waals surface area contributed by atoms with Crippen molar-refractivity contribution in [2.24, 2.45) is 11.7 Å². The van der Waals surface area contributed by atoms with E-state index >= 15 is 0 Å². The molecule has 28 heavy (non-hydrogen) atoms. The first-order valence-corrected chi connectivity index (χ1v) is 9.97. The topological polar surface area (TPSA) is 75.4 Å². The second-order valence-corrected chi connectivity index (χ2v) is 8.09. The van der Waals surface area contributed by atoms with Crippen molar-refractivity contribution in [1.29, 1.82) is 0 Å². The number of carbonyl (C=O) groups excluding carboxylic acids is 2. The first kappa shape index (κ1) is 18.7. The lowest BCUT2D eigenvalue weighted by atomic mass is 9.93. The first-order chi connectivity index (χ1) is 13.5. The fraction of sp³-hybridized carbons (Fsp3) is 0.391. The molecule has 1 aliphatic carbocycles. The van der Waals surface area contributed by atoms with E-state index in [1.807, 2.05) is 23.1 Å². The van der Waals surface area contributed by atoms with Gasteiger partial charge in [-0.1, -0.05) is 54.1 Å². The molecule has 146 valence electrons. The molecule has 0 spiro atoms. The third-order valence-electron chi connectivity index (χ3n) is 5.87. The minimum atomic E-state index is -0.445. The summed E-state index contributed by atoms with van der Waals surface area (Å²) < 4.78 is 0. The van der Waals surface area contributed by atoms with Gasteiger partial charge in [-0.15, -0.1) is 0 Å². The molecule has 0 saturated heterocycles. The van der Waals surface area contributed by atoms with Gasteiger partial charge in [-0.3, -0.25) is 14.5 Å². The highest BCUT2D eigenvalue weighted by Gasteiger charge is 2.35. The van der Waals surface area contributed by atoms with Crippen LogP contribution in [0.3, 0.4) is 0 Å². The molecule has 1 aliphatic heterocycles. The molecule has 2 aromatic carbocycles. The van der Waals surface area contributed by atoms with Crippen LogP contribution in [-0.4, -0.2) is 29.3 Å². The van der Waals surface area contributed by atoms with E-state index in [1.54, 1.807) is 0 Å². The fourth-order valence-corrected chi connectivity index (χ4v) is 4.10. The second-order valence-electron chi connectivity index (χ2n) is 8.09. The quantitative estimate of drug-likeness (QED) is 0.812. The third kappa shape index (κ3) is 4.09. The highest BCUT2D eigenvalue weighted by Crippen LogP contribution is 2.41. The molecule has 5 nitrogen and oxygen atoms in total. The number of benzene rings is 2. The molecule has 1 fully saturated rings. The van der Waals surface area contributed by atoms with Gasteiger partial charge in [0.2, 0.25) is 11.8 Å². The van der Waals surface area contributed by atoms with Crippen LogP contribution in [0.25, 0.3) is 0 Å². The molecule has 4 rings (SSSR count). The molecule has 2 amide bonds. The van der Waals surface area contributed by atoms with Crippen molar-refractivity contribution < 1.29 is 9.59 Å². The Kier molecular flexibility index (Phi) is 5.18. The zero-order valence-corrected chi connectivity index (χ0v) is 16.2. The van der Waals surface area contributed by atoms with Crippen LogP contribution in [0, 0.1) is 12.8 Å². The Morgan fingerprint density at radius 1 is 1.11 bits per heavy atom. The lowest BCUT2D eigenvalue weighted by Crippen LogP contribution is -2.52. The number of primary amides is 1. The van der Waals surface area contributed by atoms with Gasteiger partial charge in [-0.05, 0) is 48.8 Å². The van der Waals surface area contributed by atoms with Crippen LogP contribution < -0.4 is 11.1 Å². The maximum absolute atomic E-state index is 12.9. The number of nitrogens with one attached hydrogen (secondary N) is 1. The molecule has 1 saturated carbocycles. The van der Waals surface area contributed by atoms with E-state index in [-0.39, 0.29) is 24.4 Å². The van der Waals surface area contributed by atoms with Crippen molar-refractivity contribution in [2.45, 2.75) is 44.8 Å². The zero-order valence-electron chi connectivity index (χ0n) is 16.2. The molecular formula is C23H27N3O2. The molecule has 0 radical (unpaired) electrons. The van der Waals surface area contributed by atoms with E-state index in [2.05, 4.69) is 42.6 Å². The lowest BCUT2D eigenvalue weighted by molar-refractivity contribution is -0.128. The normalized spacial score (nSPS) is 20.2. The Labute approximate surface area is 165 Å². The van der Waals surface area contributed by atoms with Gasteiger partial charge in [-0.25, -0.2) is 0 Å². The molecule has 0 aromatic heterocycles. The highest BCUT2D eigenvalue weighted by molar-refractivity contribution is 5.83. The minimum Gasteiger partial charge on any atom is -0.368 e. The third-order valence-corrected chi connectivity index (χ3v) is 5.87. The van der Waals surface area contributed by atoms with Gasteiger partial charge in [0.05, 0.1) is 18.6 Å². The van der Waals surface area contributed by atoms with Crippen LogP contribution in [0.15, 0.2) is 48.5 Å². The van der Waals surface area contributed by atoms with Crippen LogP contribution in [0.5, 0.6) is 0 Å². The first-order valence-electron chi connectivity index (χ1n) is 9.97. The van der Waals surface area contributed by atoms with Gasteiger partial charge in [0.1, 0.15) is 0 Å². The number of aryl methyl sites for hydroxylation is 1. The Hall–Kier alpha value is -2.66. The number of nitrogens with zero attached hydrogens (tertiary/aromatic N) is 1. The fourth-order valence-electron chi connectivity index (χ4n) is 4.10. The van der Waals surface area contributed by atoms with Gasteiger partial charge in [0.15, 0.2) is 0 Å². The number of carbonyl (C=O) groups is 2. The molecule has 2 aromatic rings. The summed E-state index contributed by atoms with van der Waals surface area (Å²) in [7, 11) is 0. The molecule has 2 aliphatic rings. The average molecular weight is 377 g/mol. The summed E-state index contributed by atoms with van der Waals surface area (Å²) in [5.74, 6) is 0.0726. The Morgan fingerprint density at radius 2 is 1.79 bits per heavy atom. The Bertz CT molecular complexity index is 874. The maximum atomic E-state index is 12.9. The van der Waals surface area contributed by atoms with Gasteiger partial charge in [0.25, 0.3) is 0 Å². The number of hydrogen-bond donors (Lipinski definition) is 2. The standard InChI is InChI=1S/C23H27N3O2/c1-15-6-8-16(9-7-15)22(17-10-11-17)25-21(27)14-26-13-19-5-3-2-4-18(19)12-20(26)23(24)28/h2-9,17,20,22H,10-14H2,1H3,(H2,24,28)(H,25,27)/t20-,22-/m1/s1. The van der Waals surface area contributed by atoms with E-state index < -0.39 is 6.04 Å². The summed E-state index contributed by atoms with van der Waals surface area (Å²) in [6.07, 6.45) is 2.84. The molecular weight excluding hydrogens is 350 g/mol. The van der Waals surface area contributed by atoms with Gasteiger partial charge < -0.3 is 11.1 Å². The minimum absolute atomic E-state index is 0.0391. The van der Waals surface area contributed by atoms with Crippen molar-refractivity contribution in [3.8, 4) is 0 Å². The molecule has 5 heteroatoms. The van der Waals surface area contributed by atoms with E-state index in [0.717, 1.165) is 29.5 Å². The van der Waals surface area contributed by atoms with Crippen molar-refractivity contribution in [1.82, 2.24) is 10.2 Å². The van der Waals surface area contributed by atoms with Crippen LogP contribution in [0.1, 0.15) is 41.1 Å². The number of amides is 2. The molecule has 2 atom stereocenters. The summed E-state index contributed by atoms with van der Waals surface area (Å²) in [6.45, 7) is 2.81. The highest BCUT2D eigenvalue weighted by atomic mass is 16.2. The molecule has 1 heterocycles. The second kappa shape index (κ2) is 7.76. The van der Waals surface area contributed by atoms with E-state index in [4.69, 9.17) is 5.73 Å². The van der Waals surface area contributed by atoms with Crippen LogP contribution in [0.2, 0.25) is 0 Å². The summed E-state index contributed by atoms with van der Waals surface area (Å²) in [5, 5.41) is 3.21. The van der Waals surface area contributed by atoms with Gasteiger partial charge in [0, 0.05) is 6.54 Å². The summed E-state index contributed by atoms with van der Waals surface area (Å²) in [5.41, 5.74) is 10.3. The van der Waals surface area contributed by atoms with Crippen LogP contribution in [0.4, 0.5) is 0 Å². The molecule has 0 bridgehead atoms. The average Bonchev–Trinajstić information content (AvgIpc) is 3.51. The predicted molar refractivity (Wildman–Crippen MR) is 108 cm³/mol. The van der Waals surface area contributed by atoms with Crippen LogP contribution >= 0.6 is 0 Å². The van der Waals surface area contributed by atoms with Crippen molar-refractivity contribution >= 4 is 11.8 Å². The van der Waals surface area contributed by atoms with E-state index in [9.17, 15) is 9.59 Å². The maximum Gasteiger partial charge on any atom is 0.235 e. The summed E-state index contributed by atoms with van der Waals surface area (Å²) in [4.78, 5) is 26.8. The number of hydrogen-bond acceptors (Lipinski definition) is 3. The zero-order chi connectivity index (χ0) is 19.7. The smallest absolute Gasteiger partial charge is 0.235 e. The molecule has 0 unspecified atom stereocenters. The Morgan fingerprint density at radius 3 is 2.43 bits per heavy atom. The van der Waals surface area contributed by atoms with Gasteiger partial charge >= 0.3 is 0 Å². The molecule has 3 N–H and O–H groups in total. The van der Waals surface area contributed by atoms with E-state index in [1.165, 1.54) is 5.56 Å². The number of fused-ring (bicyclic) bond motifs is 1. The SMILES string of the molecule is Cc1ccc([C@@H](NC(=O)CN2Cc3ccccc3C[C@@H]2C(N)=O)C2CC2)cc1. The number of nitrogens with two attached hydrogens (primary N) is 1. The number of rotatable bonds is 6. The van der Waals surface area contributed by atoms with Crippen molar-refractivity contribution in [3.63, 3.8) is 0 Å². The van der Waals surface area contributed by atoms with Crippen molar-refractivity contribution in [2.75, 3.05) is 6.54 Å². The van der Waals surface area contributed by atoms with E-state index in [0.29, 0.717) is 18.9 Å². The Balaban J connectivity index is 1.47. The van der Waals surface area contributed by atoms with Crippen LogP contribution in [-0.2, 0) is 22.6 Å². The monoisotopic (exact) mass is 377 g/mol. The lowest BCUT2D eigenvalue weighted by Gasteiger charge is -2.35. The largest absolute Gasteiger partial charge is 0.368 e. The van der Waals surface area contributed by atoms with Crippen molar-refractivity contribution in [3.05, 3.63) is 70.8 Å².